The molecule has 2 aromatic rings. The maximum atomic E-state index is 13.8. The van der Waals surface area contributed by atoms with Crippen molar-refractivity contribution in [2.45, 2.75) is 39.0 Å². The third-order valence-electron chi connectivity index (χ3n) is 4.62. The van der Waals surface area contributed by atoms with Crippen LogP contribution in [0.4, 0.5) is 9.18 Å². The van der Waals surface area contributed by atoms with Crippen molar-refractivity contribution < 1.29 is 23.5 Å². The maximum Gasteiger partial charge on any atom is 0.289 e. The standard InChI is InChI=1S/C23H26FNO4S/c1-4-28-20-11-16(12-21-22(26)25(13-15(2)3)23(27)30-21)9-10-19(20)29-14-17-7-5-6-8-18(17)24/h5-11,15,21H,4,12-14H2,1-3H3/t21-/m0/s1. The first-order chi connectivity index (χ1) is 14.4. The second-order valence-electron chi connectivity index (χ2n) is 7.51. The molecular weight excluding hydrogens is 405 g/mol. The number of halogens is 1. The number of hydrogen-bond donors (Lipinski definition) is 0. The molecule has 0 radical (unpaired) electrons. The Bertz CT molecular complexity index is 918. The van der Waals surface area contributed by atoms with Crippen LogP contribution in [0.3, 0.4) is 0 Å². The molecule has 2 amide bonds. The number of benzene rings is 2. The Morgan fingerprint density at radius 1 is 1.10 bits per heavy atom. The molecule has 0 aromatic heterocycles. The SMILES string of the molecule is CCOc1cc(C[C@@H]2SC(=O)N(CC(C)C)C2=O)ccc1OCc1ccccc1F. The predicted molar refractivity (Wildman–Crippen MR) is 115 cm³/mol. The summed E-state index contributed by atoms with van der Waals surface area (Å²) in [7, 11) is 0. The highest BCUT2D eigenvalue weighted by molar-refractivity contribution is 8.15. The van der Waals surface area contributed by atoms with Gasteiger partial charge in [-0.1, -0.05) is 49.9 Å². The van der Waals surface area contributed by atoms with Gasteiger partial charge in [-0.05, 0) is 43.0 Å². The fourth-order valence-electron chi connectivity index (χ4n) is 3.21. The summed E-state index contributed by atoms with van der Waals surface area (Å²) >= 11 is 1.07. The summed E-state index contributed by atoms with van der Waals surface area (Å²) in [5, 5.41) is -0.621. The third kappa shape index (κ3) is 5.33. The molecule has 0 bridgehead atoms. The molecule has 2 aromatic carbocycles. The van der Waals surface area contributed by atoms with Crippen molar-refractivity contribution in [2.75, 3.05) is 13.2 Å². The molecule has 0 spiro atoms. The molecule has 1 heterocycles. The number of carbonyl (C=O) groups is 2. The highest BCUT2D eigenvalue weighted by Crippen LogP contribution is 2.34. The number of imide groups is 1. The summed E-state index contributed by atoms with van der Waals surface area (Å²) in [6.45, 7) is 6.79. The Kier molecular flexibility index (Phi) is 7.37. The molecule has 1 fully saturated rings. The largest absolute Gasteiger partial charge is 0.490 e. The van der Waals surface area contributed by atoms with Crippen molar-refractivity contribution in [2.24, 2.45) is 5.92 Å². The number of ether oxygens (including phenoxy) is 2. The number of thioether (sulfide) groups is 1. The predicted octanol–water partition coefficient (Wildman–Crippen LogP) is 5.07. The van der Waals surface area contributed by atoms with Gasteiger partial charge in [-0.25, -0.2) is 4.39 Å². The van der Waals surface area contributed by atoms with Gasteiger partial charge in [0.25, 0.3) is 5.24 Å². The van der Waals surface area contributed by atoms with E-state index in [1.54, 1.807) is 24.3 Å². The summed E-state index contributed by atoms with van der Waals surface area (Å²) < 4.78 is 25.3. The van der Waals surface area contributed by atoms with Gasteiger partial charge < -0.3 is 9.47 Å². The van der Waals surface area contributed by atoms with E-state index in [0.29, 0.717) is 36.6 Å². The fraction of sp³-hybridized carbons (Fsp3) is 0.391. The van der Waals surface area contributed by atoms with Crippen molar-refractivity contribution in [1.29, 1.82) is 0 Å². The van der Waals surface area contributed by atoms with Gasteiger partial charge in [-0.2, -0.15) is 0 Å². The van der Waals surface area contributed by atoms with Crippen LogP contribution < -0.4 is 9.47 Å². The third-order valence-corrected chi connectivity index (χ3v) is 5.70. The van der Waals surface area contributed by atoms with Gasteiger partial charge in [0.05, 0.1) is 11.9 Å². The fourth-order valence-corrected chi connectivity index (χ4v) is 4.25. The summed E-state index contributed by atoms with van der Waals surface area (Å²) in [6, 6.07) is 11.9. The highest BCUT2D eigenvalue weighted by Gasteiger charge is 2.39. The van der Waals surface area contributed by atoms with Crippen molar-refractivity contribution in [3.8, 4) is 11.5 Å². The topological polar surface area (TPSA) is 55.8 Å². The molecule has 1 aliphatic rings. The molecule has 30 heavy (non-hydrogen) atoms. The van der Waals surface area contributed by atoms with Gasteiger partial charge >= 0.3 is 0 Å². The van der Waals surface area contributed by atoms with Crippen LogP contribution in [0, 0.1) is 11.7 Å². The lowest BCUT2D eigenvalue weighted by Crippen LogP contribution is -2.35. The number of amides is 2. The van der Waals surface area contributed by atoms with Crippen molar-refractivity contribution in [3.05, 3.63) is 59.4 Å². The van der Waals surface area contributed by atoms with Crippen molar-refractivity contribution >= 4 is 22.9 Å². The summed E-state index contributed by atoms with van der Waals surface area (Å²) in [4.78, 5) is 26.1. The minimum absolute atomic E-state index is 0.0850. The quantitative estimate of drug-likeness (QED) is 0.555. The molecule has 1 atom stereocenters. The van der Waals surface area contributed by atoms with Crippen LogP contribution in [-0.4, -0.2) is 34.4 Å². The van der Waals surface area contributed by atoms with Gasteiger partial charge in [0.1, 0.15) is 12.4 Å². The number of hydrogen-bond acceptors (Lipinski definition) is 5. The van der Waals surface area contributed by atoms with Crippen LogP contribution in [0.1, 0.15) is 31.9 Å². The maximum absolute atomic E-state index is 13.8. The molecule has 0 unspecified atom stereocenters. The number of nitrogens with zero attached hydrogens (tertiary/aromatic N) is 1. The first-order valence-electron chi connectivity index (χ1n) is 10.0. The Hall–Kier alpha value is -2.54. The van der Waals surface area contributed by atoms with E-state index in [2.05, 4.69) is 0 Å². The second kappa shape index (κ2) is 9.98. The molecule has 5 nitrogen and oxygen atoms in total. The van der Waals surface area contributed by atoms with E-state index in [0.717, 1.165) is 17.3 Å². The number of carbonyl (C=O) groups excluding carboxylic acids is 2. The molecule has 160 valence electrons. The first-order valence-corrected chi connectivity index (χ1v) is 10.9. The Morgan fingerprint density at radius 2 is 1.87 bits per heavy atom. The average Bonchev–Trinajstić information content (AvgIpc) is 2.96. The zero-order valence-corrected chi connectivity index (χ0v) is 18.2. The number of rotatable bonds is 9. The van der Waals surface area contributed by atoms with Crippen LogP contribution in [0.5, 0.6) is 11.5 Å². The Balaban J connectivity index is 1.71. The summed E-state index contributed by atoms with van der Waals surface area (Å²) in [5.74, 6) is 0.808. The second-order valence-corrected chi connectivity index (χ2v) is 8.67. The van der Waals surface area contributed by atoms with Gasteiger partial charge in [0.15, 0.2) is 11.5 Å². The van der Waals surface area contributed by atoms with Crippen LogP contribution in [0.2, 0.25) is 0 Å². The van der Waals surface area contributed by atoms with Gasteiger partial charge in [0, 0.05) is 12.1 Å². The minimum atomic E-state index is -0.434. The Morgan fingerprint density at radius 3 is 2.57 bits per heavy atom. The zero-order chi connectivity index (χ0) is 21.7. The lowest BCUT2D eigenvalue weighted by molar-refractivity contribution is -0.127. The van der Waals surface area contributed by atoms with Crippen molar-refractivity contribution in [1.82, 2.24) is 4.90 Å². The van der Waals surface area contributed by atoms with E-state index in [9.17, 15) is 14.0 Å². The zero-order valence-electron chi connectivity index (χ0n) is 17.4. The molecule has 0 N–H and O–H groups in total. The highest BCUT2D eigenvalue weighted by atomic mass is 32.2. The van der Waals surface area contributed by atoms with E-state index >= 15 is 0 Å². The van der Waals surface area contributed by atoms with E-state index < -0.39 is 5.25 Å². The lowest BCUT2D eigenvalue weighted by Gasteiger charge is -2.16. The molecule has 1 saturated heterocycles. The molecule has 0 aliphatic carbocycles. The van der Waals surface area contributed by atoms with Crippen molar-refractivity contribution in [3.63, 3.8) is 0 Å². The van der Waals surface area contributed by atoms with Gasteiger partial charge in [0.2, 0.25) is 5.91 Å². The molecule has 3 rings (SSSR count). The van der Waals surface area contributed by atoms with Crippen LogP contribution in [0.25, 0.3) is 0 Å². The van der Waals surface area contributed by atoms with Gasteiger partial charge in [-0.15, -0.1) is 0 Å². The van der Waals surface area contributed by atoms with Gasteiger partial charge in [-0.3, -0.25) is 14.5 Å². The smallest absolute Gasteiger partial charge is 0.289 e. The molecule has 0 saturated carbocycles. The minimum Gasteiger partial charge on any atom is -0.490 e. The Labute approximate surface area is 180 Å². The summed E-state index contributed by atoms with van der Waals surface area (Å²) in [6.07, 6.45) is 0.428. The van der Waals surface area contributed by atoms with Crippen LogP contribution >= 0.6 is 11.8 Å². The monoisotopic (exact) mass is 431 g/mol. The van der Waals surface area contributed by atoms with Crippen LogP contribution in [-0.2, 0) is 17.8 Å². The van der Waals surface area contributed by atoms with Crippen LogP contribution in [0.15, 0.2) is 42.5 Å². The lowest BCUT2D eigenvalue weighted by atomic mass is 10.1. The van der Waals surface area contributed by atoms with E-state index in [4.69, 9.17) is 9.47 Å². The van der Waals surface area contributed by atoms with E-state index in [1.165, 1.54) is 11.0 Å². The normalized spacial score (nSPS) is 16.4. The first kappa shape index (κ1) is 22.2. The van der Waals surface area contributed by atoms with E-state index in [-0.39, 0.29) is 29.5 Å². The average molecular weight is 432 g/mol. The van der Waals surface area contributed by atoms with E-state index in [1.807, 2.05) is 32.9 Å². The molecule has 7 heteroatoms. The molecule has 1 aliphatic heterocycles. The summed E-state index contributed by atoms with van der Waals surface area (Å²) in [5.41, 5.74) is 1.34. The molecular formula is C23H26FNO4S.